The van der Waals surface area contributed by atoms with Crippen LogP contribution in [0.1, 0.15) is 159 Å². The predicted molar refractivity (Wildman–Crippen MR) is 143 cm³/mol. The summed E-state index contributed by atoms with van der Waals surface area (Å²) in [7, 11) is 0. The fourth-order valence-electron chi connectivity index (χ4n) is 3.30. The third kappa shape index (κ3) is 56.9. The largest absolute Gasteiger partial charge is 3.00 e. The van der Waals surface area contributed by atoms with Crippen molar-refractivity contribution in [2.75, 3.05) is 0 Å². The Morgan fingerprint density at radius 3 is 0.730 bits per heavy atom. The molecule has 0 aromatic heterocycles. The van der Waals surface area contributed by atoms with Gasteiger partial charge in [0.2, 0.25) is 0 Å². The summed E-state index contributed by atoms with van der Waals surface area (Å²) < 4.78 is 0. The number of aliphatic carboxylic acids is 3. The molecule has 0 spiro atoms. The van der Waals surface area contributed by atoms with E-state index in [1.807, 2.05) is 0 Å². The molecule has 0 fully saturated rings. The maximum atomic E-state index is 10.0. The van der Waals surface area contributed by atoms with Crippen molar-refractivity contribution in [3.8, 4) is 0 Å². The first-order chi connectivity index (χ1) is 16.2. The molecule has 37 heavy (non-hydrogen) atoms. The minimum Gasteiger partial charge on any atom is -0.550 e. The van der Waals surface area contributed by atoms with Gasteiger partial charge in [-0.15, -0.1) is 0 Å². The second-order valence-electron chi connectivity index (χ2n) is 13.5. The van der Waals surface area contributed by atoms with E-state index in [0.717, 1.165) is 57.8 Å². The molecule has 0 bridgehead atoms. The van der Waals surface area contributed by atoms with Crippen LogP contribution in [0.3, 0.4) is 0 Å². The number of carboxylic acids is 3. The molecule has 0 N–H and O–H groups in total. The number of rotatable bonds is 15. The average Bonchev–Trinajstić information content (AvgIpc) is 2.65. The van der Waals surface area contributed by atoms with Crippen LogP contribution in [0.5, 0.6) is 0 Å². The van der Waals surface area contributed by atoms with E-state index in [1.54, 1.807) is 0 Å². The number of carboxylic acid groups (broad SMARTS) is 3. The van der Waals surface area contributed by atoms with Gasteiger partial charge in [-0.1, -0.05) is 101 Å². The molecule has 0 rings (SSSR count). The maximum absolute atomic E-state index is 10.0. The smallest absolute Gasteiger partial charge is 0.550 e. The van der Waals surface area contributed by atoms with E-state index in [0.29, 0.717) is 16.2 Å². The molecule has 0 atom stereocenters. The van der Waals surface area contributed by atoms with Crippen LogP contribution in [0, 0.1) is 56.2 Å². The molecule has 1 radical (unpaired) electrons. The summed E-state index contributed by atoms with van der Waals surface area (Å²) in [5.74, 6) is -2.78. The monoisotopic (exact) mass is 671 g/mol. The number of carbonyl (C=O) groups is 3. The number of carbonyl (C=O) groups excluding carboxylic acids is 3. The first kappa shape index (κ1) is 43.8. The van der Waals surface area contributed by atoms with Gasteiger partial charge < -0.3 is 29.7 Å². The Morgan fingerprint density at radius 1 is 0.405 bits per heavy atom. The molecule has 6 nitrogen and oxygen atoms in total. The van der Waals surface area contributed by atoms with E-state index < -0.39 is 17.9 Å². The summed E-state index contributed by atoms with van der Waals surface area (Å²) >= 11 is 0. The topological polar surface area (TPSA) is 120 Å². The summed E-state index contributed by atoms with van der Waals surface area (Å²) in [6.45, 7) is 19.8. The van der Waals surface area contributed by atoms with Crippen LogP contribution in [0.4, 0.5) is 0 Å². The standard InChI is InChI=1S/3C10H20O2.Gd/c3*1-10(2,3)8-6-4-5-7-9(11)12;/h3*4-8H2,1-3H3,(H,11,12);/q;;;+3/p-3. The second-order valence-corrected chi connectivity index (χ2v) is 13.5. The van der Waals surface area contributed by atoms with Gasteiger partial charge in [-0.2, -0.15) is 0 Å². The van der Waals surface area contributed by atoms with E-state index in [-0.39, 0.29) is 59.2 Å². The Kier molecular flexibility index (Phi) is 29.3. The molecule has 0 aromatic rings. The van der Waals surface area contributed by atoms with Crippen molar-refractivity contribution in [3.05, 3.63) is 0 Å². The number of unbranched alkanes of at least 4 members (excludes halogenated alkanes) is 6. The number of hydrogen-bond acceptors (Lipinski definition) is 6. The van der Waals surface area contributed by atoms with Gasteiger partial charge >= 0.3 is 39.9 Å². The van der Waals surface area contributed by atoms with Gasteiger partial charge in [0.05, 0.1) is 0 Å². The third-order valence-corrected chi connectivity index (χ3v) is 5.42. The molecule has 0 aliphatic rings. The summed E-state index contributed by atoms with van der Waals surface area (Å²) in [6.07, 6.45) is 12.8. The predicted octanol–water partition coefficient (Wildman–Crippen LogP) is 5.20. The molecular formula is C30H57GdO6. The van der Waals surface area contributed by atoms with Crippen molar-refractivity contribution < 1.29 is 69.6 Å². The van der Waals surface area contributed by atoms with Crippen molar-refractivity contribution in [3.63, 3.8) is 0 Å². The Morgan fingerprint density at radius 2 is 0.595 bits per heavy atom. The molecule has 0 heterocycles. The first-order valence-electron chi connectivity index (χ1n) is 13.8. The van der Waals surface area contributed by atoms with Gasteiger partial charge in [0.1, 0.15) is 0 Å². The molecule has 0 aliphatic carbocycles. The fraction of sp³-hybridized carbons (Fsp3) is 0.900. The van der Waals surface area contributed by atoms with Gasteiger partial charge in [-0.25, -0.2) is 0 Å². The zero-order chi connectivity index (χ0) is 28.8. The van der Waals surface area contributed by atoms with E-state index in [1.165, 1.54) is 19.3 Å². The van der Waals surface area contributed by atoms with Crippen LogP contribution in [0.15, 0.2) is 0 Å². The molecule has 221 valence electrons. The first-order valence-corrected chi connectivity index (χ1v) is 13.8. The van der Waals surface area contributed by atoms with Crippen molar-refractivity contribution >= 4 is 17.9 Å². The summed E-state index contributed by atoms with van der Waals surface area (Å²) in [5.41, 5.74) is 1.13. The van der Waals surface area contributed by atoms with Crippen LogP contribution in [-0.4, -0.2) is 17.9 Å². The molecule has 0 unspecified atom stereocenters. The Labute approximate surface area is 260 Å². The van der Waals surface area contributed by atoms with Crippen LogP contribution in [-0.2, 0) is 14.4 Å². The average molecular weight is 671 g/mol. The summed E-state index contributed by atoms with van der Waals surface area (Å²) in [4.78, 5) is 30.1. The summed E-state index contributed by atoms with van der Waals surface area (Å²) in [5, 5.41) is 30.1. The van der Waals surface area contributed by atoms with Crippen molar-refractivity contribution in [2.24, 2.45) is 16.2 Å². The zero-order valence-corrected chi connectivity index (χ0v) is 27.7. The van der Waals surface area contributed by atoms with Crippen LogP contribution in [0.25, 0.3) is 0 Å². The minimum atomic E-state index is -0.925. The van der Waals surface area contributed by atoms with E-state index >= 15 is 0 Å². The zero-order valence-electron chi connectivity index (χ0n) is 25.4. The van der Waals surface area contributed by atoms with Crippen molar-refractivity contribution in [2.45, 2.75) is 159 Å². The van der Waals surface area contributed by atoms with Crippen LogP contribution < -0.4 is 15.3 Å². The second kappa shape index (κ2) is 24.8. The molecule has 0 aliphatic heterocycles. The van der Waals surface area contributed by atoms with Crippen molar-refractivity contribution in [1.29, 1.82) is 0 Å². The normalized spacial score (nSPS) is 11.3. The quantitative estimate of drug-likeness (QED) is 0.221. The fourth-order valence-corrected chi connectivity index (χ4v) is 3.30. The van der Waals surface area contributed by atoms with E-state index in [2.05, 4.69) is 62.3 Å². The molecule has 0 saturated heterocycles. The van der Waals surface area contributed by atoms with Gasteiger partial charge in [-0.3, -0.25) is 0 Å². The third-order valence-electron chi connectivity index (χ3n) is 5.42. The van der Waals surface area contributed by atoms with Gasteiger partial charge in [0.25, 0.3) is 0 Å². The van der Waals surface area contributed by atoms with Crippen LogP contribution >= 0.6 is 0 Å². The molecule has 7 heteroatoms. The maximum Gasteiger partial charge on any atom is 3.00 e. The Hall–Kier alpha value is -0.265. The van der Waals surface area contributed by atoms with E-state index in [4.69, 9.17) is 0 Å². The van der Waals surface area contributed by atoms with E-state index in [9.17, 15) is 29.7 Å². The summed E-state index contributed by atoms with van der Waals surface area (Å²) in [6, 6.07) is 0. The molecule has 0 amide bonds. The minimum absolute atomic E-state index is 0. The SMILES string of the molecule is CC(C)(C)CCCCCC(=O)[O-].CC(C)(C)CCCCCC(=O)[O-].CC(C)(C)CCCCCC(=O)[O-].[Gd+3]. The Bertz CT molecular complexity index is 487. The van der Waals surface area contributed by atoms with Gasteiger partial charge in [-0.05, 0) is 74.0 Å². The molecule has 0 aromatic carbocycles. The number of hydrogen-bond donors (Lipinski definition) is 0. The van der Waals surface area contributed by atoms with Gasteiger partial charge in [0.15, 0.2) is 0 Å². The molecular weight excluding hydrogens is 614 g/mol. The molecule has 0 saturated carbocycles. The Balaban J connectivity index is -0.000000218. The van der Waals surface area contributed by atoms with Crippen LogP contribution in [0.2, 0.25) is 0 Å². The van der Waals surface area contributed by atoms with Crippen molar-refractivity contribution in [1.82, 2.24) is 0 Å². The van der Waals surface area contributed by atoms with Gasteiger partial charge in [0, 0.05) is 17.9 Å².